The van der Waals surface area contributed by atoms with Crippen LogP contribution in [0.15, 0.2) is 18.2 Å². The number of hydrogen-bond acceptors (Lipinski definition) is 3. The maximum atomic E-state index is 12.1. The minimum Gasteiger partial charge on any atom is -0.394 e. The van der Waals surface area contributed by atoms with Crippen molar-refractivity contribution in [3.05, 3.63) is 34.9 Å². The first kappa shape index (κ1) is 18.7. The molecule has 0 saturated heterocycles. The van der Waals surface area contributed by atoms with Crippen LogP contribution < -0.4 is 10.6 Å². The lowest BCUT2D eigenvalue weighted by molar-refractivity contribution is 0.0909. The van der Waals surface area contributed by atoms with E-state index in [0.29, 0.717) is 25.7 Å². The molecule has 2 amide bonds. The van der Waals surface area contributed by atoms with Gasteiger partial charge in [-0.15, -0.1) is 0 Å². The fourth-order valence-electron chi connectivity index (χ4n) is 3.08. The van der Waals surface area contributed by atoms with Crippen LogP contribution in [-0.4, -0.2) is 37.5 Å². The summed E-state index contributed by atoms with van der Waals surface area (Å²) in [6.45, 7) is 5.89. The maximum absolute atomic E-state index is 12.1. The van der Waals surface area contributed by atoms with E-state index in [1.807, 2.05) is 0 Å². The Kier molecular flexibility index (Phi) is 7.53. The number of aliphatic hydroxyl groups is 1. The molecular formula is C19H30N2O3. The zero-order valence-electron chi connectivity index (χ0n) is 14.8. The third-order valence-corrected chi connectivity index (χ3v) is 4.44. The number of aryl methyl sites for hydroxylation is 1. The van der Waals surface area contributed by atoms with Crippen molar-refractivity contribution in [2.45, 2.75) is 51.5 Å². The Bertz CT molecular complexity index is 531. The lowest BCUT2D eigenvalue weighted by atomic mass is 9.85. The smallest absolute Gasteiger partial charge is 0.315 e. The van der Waals surface area contributed by atoms with Gasteiger partial charge in [0.1, 0.15) is 0 Å². The zero-order valence-corrected chi connectivity index (χ0v) is 14.8. The van der Waals surface area contributed by atoms with Gasteiger partial charge in [-0.1, -0.05) is 32.0 Å². The molecule has 0 aromatic heterocycles. The minimum absolute atomic E-state index is 0.0351. The van der Waals surface area contributed by atoms with E-state index < -0.39 is 0 Å². The van der Waals surface area contributed by atoms with Gasteiger partial charge in [0.05, 0.1) is 19.3 Å². The van der Waals surface area contributed by atoms with Crippen LogP contribution in [-0.2, 0) is 11.2 Å². The van der Waals surface area contributed by atoms with Crippen molar-refractivity contribution >= 4 is 6.03 Å². The normalized spacial score (nSPS) is 16.8. The molecule has 0 aliphatic heterocycles. The topological polar surface area (TPSA) is 70.6 Å². The van der Waals surface area contributed by atoms with Crippen LogP contribution in [0.4, 0.5) is 4.79 Å². The van der Waals surface area contributed by atoms with E-state index in [2.05, 4.69) is 42.7 Å². The molecule has 24 heavy (non-hydrogen) atoms. The lowest BCUT2D eigenvalue weighted by Gasteiger charge is -2.27. The molecule has 0 spiro atoms. The predicted molar refractivity (Wildman–Crippen MR) is 95.3 cm³/mol. The lowest BCUT2D eigenvalue weighted by Crippen LogP contribution is -2.39. The van der Waals surface area contributed by atoms with E-state index in [-0.39, 0.29) is 18.7 Å². The Labute approximate surface area is 144 Å². The number of carbonyl (C=O) groups excluding carboxylic acids is 1. The van der Waals surface area contributed by atoms with Gasteiger partial charge in [0, 0.05) is 13.2 Å². The molecule has 0 saturated carbocycles. The van der Waals surface area contributed by atoms with Crippen molar-refractivity contribution < 1.29 is 14.6 Å². The molecule has 1 atom stereocenters. The van der Waals surface area contributed by atoms with Crippen LogP contribution in [0.3, 0.4) is 0 Å². The minimum atomic E-state index is -0.120. The summed E-state index contributed by atoms with van der Waals surface area (Å²) < 4.78 is 5.17. The quantitative estimate of drug-likeness (QED) is 0.640. The SMILES string of the molecule is CC(C)c1ccc2c(c1)[C@H](NC(=O)NCCCOCCO)CCC2. The molecule has 3 N–H and O–H groups in total. The third-order valence-electron chi connectivity index (χ3n) is 4.44. The van der Waals surface area contributed by atoms with Gasteiger partial charge in [0.15, 0.2) is 0 Å². The first-order chi connectivity index (χ1) is 11.6. The molecule has 0 radical (unpaired) electrons. The van der Waals surface area contributed by atoms with Crippen molar-refractivity contribution in [1.29, 1.82) is 0 Å². The average molecular weight is 334 g/mol. The Balaban J connectivity index is 1.85. The number of fused-ring (bicyclic) bond motifs is 1. The highest BCUT2D eigenvalue weighted by atomic mass is 16.5. The molecule has 5 nitrogen and oxygen atoms in total. The Hall–Kier alpha value is -1.59. The van der Waals surface area contributed by atoms with Crippen molar-refractivity contribution in [1.82, 2.24) is 10.6 Å². The number of aliphatic hydroxyl groups excluding tert-OH is 1. The van der Waals surface area contributed by atoms with Crippen LogP contribution in [0.2, 0.25) is 0 Å². The largest absolute Gasteiger partial charge is 0.394 e. The first-order valence-corrected chi connectivity index (χ1v) is 8.97. The summed E-state index contributed by atoms with van der Waals surface area (Å²) in [4.78, 5) is 12.1. The predicted octanol–water partition coefficient (Wildman–Crippen LogP) is 2.89. The highest BCUT2D eigenvalue weighted by molar-refractivity contribution is 5.74. The number of nitrogens with one attached hydrogen (secondary N) is 2. The number of benzene rings is 1. The van der Waals surface area contributed by atoms with Crippen LogP contribution in [0.25, 0.3) is 0 Å². The van der Waals surface area contributed by atoms with Crippen molar-refractivity contribution in [3.63, 3.8) is 0 Å². The van der Waals surface area contributed by atoms with E-state index >= 15 is 0 Å². The number of urea groups is 1. The molecule has 5 heteroatoms. The molecule has 0 fully saturated rings. The highest BCUT2D eigenvalue weighted by Crippen LogP contribution is 2.32. The summed E-state index contributed by atoms with van der Waals surface area (Å²) >= 11 is 0. The summed E-state index contributed by atoms with van der Waals surface area (Å²) in [7, 11) is 0. The Morgan fingerprint density at radius 1 is 1.38 bits per heavy atom. The molecule has 1 aliphatic carbocycles. The van der Waals surface area contributed by atoms with E-state index in [4.69, 9.17) is 9.84 Å². The van der Waals surface area contributed by atoms with Gasteiger partial charge in [0.25, 0.3) is 0 Å². The summed E-state index contributed by atoms with van der Waals surface area (Å²) in [5, 5.41) is 14.6. The molecule has 0 unspecified atom stereocenters. The van der Waals surface area contributed by atoms with Gasteiger partial charge >= 0.3 is 6.03 Å². The van der Waals surface area contributed by atoms with Crippen molar-refractivity contribution in [3.8, 4) is 0 Å². The van der Waals surface area contributed by atoms with E-state index in [9.17, 15) is 4.79 Å². The van der Waals surface area contributed by atoms with Gasteiger partial charge in [-0.05, 0) is 48.3 Å². The van der Waals surface area contributed by atoms with E-state index in [1.165, 1.54) is 16.7 Å². The van der Waals surface area contributed by atoms with Gasteiger partial charge in [-0.3, -0.25) is 0 Å². The van der Waals surface area contributed by atoms with Crippen LogP contribution in [0, 0.1) is 0 Å². The van der Waals surface area contributed by atoms with Crippen LogP contribution in [0.5, 0.6) is 0 Å². The second-order valence-corrected chi connectivity index (χ2v) is 6.65. The number of rotatable bonds is 8. The van der Waals surface area contributed by atoms with Crippen LogP contribution >= 0.6 is 0 Å². The van der Waals surface area contributed by atoms with E-state index in [0.717, 1.165) is 25.7 Å². The standard InChI is InChI=1S/C19H30N2O3/c1-14(2)16-8-7-15-5-3-6-18(17(15)13-16)21-19(23)20-9-4-11-24-12-10-22/h7-8,13-14,18,22H,3-6,9-12H2,1-2H3,(H2,20,21,23)/t18-/m1/s1. The molecule has 0 bridgehead atoms. The zero-order chi connectivity index (χ0) is 17.4. The third kappa shape index (κ3) is 5.49. The summed E-state index contributed by atoms with van der Waals surface area (Å²) in [5.41, 5.74) is 3.95. The second-order valence-electron chi connectivity index (χ2n) is 6.65. The fourth-order valence-corrected chi connectivity index (χ4v) is 3.08. The molecule has 2 rings (SSSR count). The molecule has 0 heterocycles. The van der Waals surface area contributed by atoms with Crippen molar-refractivity contribution in [2.75, 3.05) is 26.4 Å². The molecule has 1 aromatic carbocycles. The average Bonchev–Trinajstić information content (AvgIpc) is 2.58. The summed E-state index contributed by atoms with van der Waals surface area (Å²) in [6.07, 6.45) is 3.93. The Morgan fingerprint density at radius 3 is 2.96 bits per heavy atom. The second kappa shape index (κ2) is 9.64. The monoisotopic (exact) mass is 334 g/mol. The van der Waals surface area contributed by atoms with Gasteiger partial charge in [-0.25, -0.2) is 4.79 Å². The first-order valence-electron chi connectivity index (χ1n) is 8.97. The van der Waals surface area contributed by atoms with Crippen LogP contribution in [0.1, 0.15) is 61.8 Å². The molecular weight excluding hydrogens is 304 g/mol. The number of amides is 2. The summed E-state index contributed by atoms with van der Waals surface area (Å²) in [5.74, 6) is 0.491. The number of ether oxygens (including phenoxy) is 1. The maximum Gasteiger partial charge on any atom is 0.315 e. The number of carbonyl (C=O) groups is 1. The van der Waals surface area contributed by atoms with Gasteiger partial charge in [0.2, 0.25) is 0 Å². The van der Waals surface area contributed by atoms with Gasteiger partial charge < -0.3 is 20.5 Å². The number of hydrogen-bond donors (Lipinski definition) is 3. The molecule has 134 valence electrons. The van der Waals surface area contributed by atoms with Crippen molar-refractivity contribution in [2.24, 2.45) is 0 Å². The Morgan fingerprint density at radius 2 is 2.21 bits per heavy atom. The van der Waals surface area contributed by atoms with E-state index in [1.54, 1.807) is 0 Å². The van der Waals surface area contributed by atoms with Gasteiger partial charge in [-0.2, -0.15) is 0 Å². The molecule has 1 aromatic rings. The highest BCUT2D eigenvalue weighted by Gasteiger charge is 2.22. The molecule has 1 aliphatic rings. The summed E-state index contributed by atoms with van der Waals surface area (Å²) in [6, 6.07) is 6.66. The fraction of sp³-hybridized carbons (Fsp3) is 0.632.